The number of aliphatic hydroxyl groups is 1. The van der Waals surface area contributed by atoms with E-state index in [1.807, 2.05) is 0 Å². The largest absolute Gasteiger partial charge is 0.391 e. The van der Waals surface area contributed by atoms with E-state index in [1.54, 1.807) is 16.7 Å². The van der Waals surface area contributed by atoms with E-state index in [-0.39, 0.29) is 18.1 Å². The molecule has 5 heteroatoms. The Morgan fingerprint density at radius 2 is 2.46 bits per heavy atom. The lowest BCUT2D eigenvalue weighted by molar-refractivity contribution is -0.131. The number of carbonyl (C=O) groups is 1. The van der Waals surface area contributed by atoms with Gasteiger partial charge in [-0.15, -0.1) is 11.8 Å². The molecule has 13 heavy (non-hydrogen) atoms. The van der Waals surface area contributed by atoms with Gasteiger partial charge in [-0.05, 0) is 6.42 Å². The molecule has 0 saturated carbocycles. The molecule has 2 aliphatic rings. The van der Waals surface area contributed by atoms with Crippen LogP contribution in [0, 0.1) is 0 Å². The fraction of sp³-hybridized carbons (Fsp3) is 0.875. The summed E-state index contributed by atoms with van der Waals surface area (Å²) < 4.78 is 0. The zero-order chi connectivity index (χ0) is 9.26. The first kappa shape index (κ1) is 9.30. The van der Waals surface area contributed by atoms with Gasteiger partial charge >= 0.3 is 0 Å². The van der Waals surface area contributed by atoms with E-state index in [1.165, 1.54) is 0 Å². The monoisotopic (exact) mass is 202 g/mol. The molecule has 2 aliphatic heterocycles. The van der Waals surface area contributed by atoms with Gasteiger partial charge in [0, 0.05) is 24.7 Å². The van der Waals surface area contributed by atoms with Crippen LogP contribution in [0.3, 0.4) is 0 Å². The van der Waals surface area contributed by atoms with Crippen molar-refractivity contribution < 1.29 is 9.90 Å². The Balaban J connectivity index is 1.89. The summed E-state index contributed by atoms with van der Waals surface area (Å²) in [5.41, 5.74) is 0. The molecule has 2 saturated heterocycles. The third-order valence-electron chi connectivity index (χ3n) is 2.49. The quantitative estimate of drug-likeness (QED) is 0.587. The van der Waals surface area contributed by atoms with Gasteiger partial charge < -0.3 is 10.0 Å². The SMILES string of the molecule is O=C(C1CSCN1)N1CCC(O)C1. The Bertz CT molecular complexity index is 206. The molecule has 0 spiro atoms. The average molecular weight is 202 g/mol. The predicted molar refractivity (Wildman–Crippen MR) is 51.5 cm³/mol. The molecule has 2 unspecified atom stereocenters. The Morgan fingerprint density at radius 1 is 1.62 bits per heavy atom. The third-order valence-corrected chi connectivity index (χ3v) is 3.43. The van der Waals surface area contributed by atoms with Crippen LogP contribution in [-0.2, 0) is 4.79 Å². The lowest BCUT2D eigenvalue weighted by atomic mass is 10.3. The third kappa shape index (κ3) is 1.98. The van der Waals surface area contributed by atoms with E-state index in [0.717, 1.165) is 18.1 Å². The number of thioether (sulfide) groups is 1. The number of likely N-dealkylation sites (tertiary alicyclic amines) is 1. The molecule has 0 aliphatic carbocycles. The van der Waals surface area contributed by atoms with Crippen molar-refractivity contribution in [1.29, 1.82) is 0 Å². The maximum absolute atomic E-state index is 11.7. The van der Waals surface area contributed by atoms with E-state index in [2.05, 4.69) is 5.32 Å². The molecule has 1 amide bonds. The number of amides is 1. The highest BCUT2D eigenvalue weighted by Crippen LogP contribution is 2.15. The molecule has 0 aromatic rings. The fourth-order valence-corrected chi connectivity index (χ4v) is 2.65. The van der Waals surface area contributed by atoms with Crippen LogP contribution in [0.4, 0.5) is 0 Å². The molecule has 4 nitrogen and oxygen atoms in total. The highest BCUT2D eigenvalue weighted by atomic mass is 32.2. The van der Waals surface area contributed by atoms with Crippen LogP contribution in [-0.4, -0.2) is 52.8 Å². The molecule has 2 atom stereocenters. The van der Waals surface area contributed by atoms with Crippen LogP contribution >= 0.6 is 11.8 Å². The maximum Gasteiger partial charge on any atom is 0.240 e. The smallest absolute Gasteiger partial charge is 0.240 e. The van der Waals surface area contributed by atoms with Crippen molar-refractivity contribution in [2.75, 3.05) is 24.7 Å². The molecule has 0 aromatic heterocycles. The van der Waals surface area contributed by atoms with Gasteiger partial charge in [0.1, 0.15) is 0 Å². The number of β-amino-alcohol motifs (C(OH)–C–C–N with tert-alkyl or cyclic N) is 1. The van der Waals surface area contributed by atoms with Crippen LogP contribution in [0.15, 0.2) is 0 Å². The summed E-state index contributed by atoms with van der Waals surface area (Å²) in [7, 11) is 0. The van der Waals surface area contributed by atoms with Gasteiger partial charge in [-0.3, -0.25) is 10.1 Å². The van der Waals surface area contributed by atoms with Crippen molar-refractivity contribution in [2.45, 2.75) is 18.6 Å². The standard InChI is InChI=1S/C8H14N2O2S/c11-6-1-2-10(3-6)8(12)7-4-13-5-9-7/h6-7,9,11H,1-5H2. The predicted octanol–water partition coefficient (Wildman–Crippen LogP) is -0.758. The second-order valence-corrected chi connectivity index (χ2v) is 4.53. The van der Waals surface area contributed by atoms with Gasteiger partial charge in [0.25, 0.3) is 0 Å². The van der Waals surface area contributed by atoms with Gasteiger partial charge in [0.2, 0.25) is 5.91 Å². The molecular formula is C8H14N2O2S. The zero-order valence-corrected chi connectivity index (χ0v) is 8.22. The van der Waals surface area contributed by atoms with Crippen molar-refractivity contribution in [2.24, 2.45) is 0 Å². The second-order valence-electron chi connectivity index (χ2n) is 3.50. The first-order chi connectivity index (χ1) is 6.27. The number of aliphatic hydroxyl groups excluding tert-OH is 1. The number of nitrogens with zero attached hydrogens (tertiary/aromatic N) is 1. The zero-order valence-electron chi connectivity index (χ0n) is 7.40. The van der Waals surface area contributed by atoms with Crippen LogP contribution in [0.25, 0.3) is 0 Å². The topological polar surface area (TPSA) is 52.6 Å². The highest BCUT2D eigenvalue weighted by molar-refractivity contribution is 7.99. The fourth-order valence-electron chi connectivity index (χ4n) is 1.72. The minimum absolute atomic E-state index is 0.0182. The Kier molecular flexibility index (Phi) is 2.76. The van der Waals surface area contributed by atoms with E-state index in [4.69, 9.17) is 0 Å². The summed E-state index contributed by atoms with van der Waals surface area (Å²) in [5.74, 6) is 1.89. The van der Waals surface area contributed by atoms with Crippen LogP contribution in [0.1, 0.15) is 6.42 Å². The molecule has 0 radical (unpaired) electrons. The number of rotatable bonds is 1. The minimum atomic E-state index is -0.307. The van der Waals surface area contributed by atoms with Crippen molar-refractivity contribution in [1.82, 2.24) is 10.2 Å². The van der Waals surface area contributed by atoms with Crippen molar-refractivity contribution in [3.63, 3.8) is 0 Å². The van der Waals surface area contributed by atoms with Gasteiger partial charge in [-0.2, -0.15) is 0 Å². The van der Waals surface area contributed by atoms with Gasteiger partial charge in [0.15, 0.2) is 0 Å². The number of nitrogens with one attached hydrogen (secondary N) is 1. The number of hydrogen-bond acceptors (Lipinski definition) is 4. The van der Waals surface area contributed by atoms with Crippen LogP contribution in [0.5, 0.6) is 0 Å². The Labute approximate surface area is 81.7 Å². The molecule has 2 heterocycles. The van der Waals surface area contributed by atoms with Crippen molar-refractivity contribution in [3.8, 4) is 0 Å². The first-order valence-electron chi connectivity index (χ1n) is 4.55. The molecule has 2 rings (SSSR count). The lowest BCUT2D eigenvalue weighted by Crippen LogP contribution is -2.44. The average Bonchev–Trinajstić information content (AvgIpc) is 2.72. The van der Waals surface area contributed by atoms with E-state index in [0.29, 0.717) is 13.1 Å². The second kappa shape index (κ2) is 3.86. The maximum atomic E-state index is 11.7. The van der Waals surface area contributed by atoms with Crippen LogP contribution in [0.2, 0.25) is 0 Å². The summed E-state index contributed by atoms with van der Waals surface area (Å²) >= 11 is 1.75. The molecule has 0 aromatic carbocycles. The molecule has 0 bridgehead atoms. The van der Waals surface area contributed by atoms with E-state index in [9.17, 15) is 9.90 Å². The summed E-state index contributed by atoms with van der Waals surface area (Å²) in [6.07, 6.45) is 0.420. The van der Waals surface area contributed by atoms with Gasteiger partial charge in [0.05, 0.1) is 12.1 Å². The summed E-state index contributed by atoms with van der Waals surface area (Å²) in [4.78, 5) is 13.5. The number of hydrogen-bond donors (Lipinski definition) is 2. The Hall–Kier alpha value is -0.260. The van der Waals surface area contributed by atoms with Crippen molar-refractivity contribution in [3.05, 3.63) is 0 Å². The summed E-state index contributed by atoms with van der Waals surface area (Å²) in [6.45, 7) is 1.23. The summed E-state index contributed by atoms with van der Waals surface area (Å²) in [5, 5.41) is 12.4. The highest BCUT2D eigenvalue weighted by Gasteiger charge is 2.31. The molecule has 74 valence electrons. The minimum Gasteiger partial charge on any atom is -0.391 e. The first-order valence-corrected chi connectivity index (χ1v) is 5.71. The number of carbonyl (C=O) groups excluding carboxylic acids is 1. The van der Waals surface area contributed by atoms with E-state index >= 15 is 0 Å². The van der Waals surface area contributed by atoms with Gasteiger partial charge in [-0.1, -0.05) is 0 Å². The normalized spacial score (nSPS) is 34.1. The lowest BCUT2D eigenvalue weighted by Gasteiger charge is -2.19. The van der Waals surface area contributed by atoms with Crippen LogP contribution < -0.4 is 5.32 Å². The Morgan fingerprint density at radius 3 is 3.00 bits per heavy atom. The molecule has 2 fully saturated rings. The van der Waals surface area contributed by atoms with E-state index < -0.39 is 0 Å². The van der Waals surface area contributed by atoms with Gasteiger partial charge in [-0.25, -0.2) is 0 Å². The molecule has 2 N–H and O–H groups in total. The van der Waals surface area contributed by atoms with Crippen molar-refractivity contribution >= 4 is 17.7 Å². The molecular weight excluding hydrogens is 188 g/mol. The summed E-state index contributed by atoms with van der Waals surface area (Å²) in [6, 6.07) is -0.0182.